The Hall–Kier alpha value is -1.99. The smallest absolute Gasteiger partial charge is 0.220 e. The summed E-state index contributed by atoms with van der Waals surface area (Å²) in [4.78, 5) is 24.5. The molecule has 0 radical (unpaired) electrons. The van der Waals surface area contributed by atoms with Crippen molar-refractivity contribution >= 4 is 22.4 Å². The molecule has 1 saturated heterocycles. The first-order chi connectivity index (χ1) is 12.9. The number of thiazole rings is 1. The van der Waals surface area contributed by atoms with Gasteiger partial charge in [0.1, 0.15) is 0 Å². The molecule has 1 aliphatic rings. The van der Waals surface area contributed by atoms with Crippen LogP contribution in [0.25, 0.3) is 10.4 Å². The Kier molecular flexibility index (Phi) is 6.44. The van der Waals surface area contributed by atoms with E-state index < -0.39 is 0 Å². The minimum atomic E-state index is 0.0637. The molecule has 0 saturated carbocycles. The average Bonchev–Trinajstić information content (AvgIpc) is 3.04. The van der Waals surface area contributed by atoms with Crippen molar-refractivity contribution in [3.05, 3.63) is 30.2 Å². The van der Waals surface area contributed by atoms with E-state index in [1.807, 2.05) is 26.0 Å². The van der Waals surface area contributed by atoms with Crippen molar-refractivity contribution in [2.45, 2.75) is 52.9 Å². The first-order valence-corrected chi connectivity index (χ1v) is 10.3. The van der Waals surface area contributed by atoms with Gasteiger partial charge in [0.2, 0.25) is 5.91 Å². The quantitative estimate of drug-likeness (QED) is 0.821. The molecule has 3 heterocycles. The number of aromatic nitrogens is 2. The Bertz CT molecular complexity index is 753. The third kappa shape index (κ3) is 5.26. The van der Waals surface area contributed by atoms with Gasteiger partial charge in [0.25, 0.3) is 0 Å². The molecule has 146 valence electrons. The molecule has 1 amide bonds. The van der Waals surface area contributed by atoms with Crippen LogP contribution < -0.4 is 10.2 Å². The summed E-state index contributed by atoms with van der Waals surface area (Å²) < 4.78 is 5.85. The predicted octanol–water partition coefficient (Wildman–Crippen LogP) is 3.48. The summed E-state index contributed by atoms with van der Waals surface area (Å²) in [5, 5.41) is 4.00. The maximum atomic E-state index is 12.1. The monoisotopic (exact) mass is 388 g/mol. The normalized spacial score (nSPS) is 20.1. The van der Waals surface area contributed by atoms with Crippen molar-refractivity contribution in [3.8, 4) is 10.4 Å². The molecule has 0 spiro atoms. The second kappa shape index (κ2) is 8.80. The minimum Gasteiger partial charge on any atom is -0.372 e. The SMILES string of the molecule is CC(C)CC(=O)NCc1nc(N2C[C@@H](C)O[C@@H](C)C2)sc1-c1ccncc1. The van der Waals surface area contributed by atoms with E-state index in [0.29, 0.717) is 18.9 Å². The molecule has 7 heteroatoms. The molecule has 27 heavy (non-hydrogen) atoms. The van der Waals surface area contributed by atoms with E-state index in [0.717, 1.165) is 34.4 Å². The van der Waals surface area contributed by atoms with Gasteiger partial charge < -0.3 is 15.0 Å². The van der Waals surface area contributed by atoms with Crippen LogP contribution in [0.3, 0.4) is 0 Å². The van der Waals surface area contributed by atoms with Gasteiger partial charge in [-0.1, -0.05) is 25.2 Å². The number of carbonyl (C=O) groups excluding carboxylic acids is 1. The molecule has 2 aromatic heterocycles. The summed E-state index contributed by atoms with van der Waals surface area (Å²) >= 11 is 1.67. The average molecular weight is 389 g/mol. The summed E-state index contributed by atoms with van der Waals surface area (Å²) in [5.74, 6) is 0.404. The Morgan fingerprint density at radius 2 is 1.96 bits per heavy atom. The van der Waals surface area contributed by atoms with E-state index >= 15 is 0 Å². The largest absolute Gasteiger partial charge is 0.372 e. The lowest BCUT2D eigenvalue weighted by Gasteiger charge is -2.35. The standard InChI is InChI=1S/C20H28N4O2S/c1-13(2)9-18(25)22-10-17-19(16-5-7-21-8-6-16)27-20(23-17)24-11-14(3)26-15(4)12-24/h5-8,13-15H,9-12H2,1-4H3,(H,22,25)/t14-,15+. The summed E-state index contributed by atoms with van der Waals surface area (Å²) in [5.41, 5.74) is 1.99. The Morgan fingerprint density at radius 1 is 1.30 bits per heavy atom. The van der Waals surface area contributed by atoms with Crippen LogP contribution in [0, 0.1) is 5.92 Å². The first kappa shape index (κ1) is 19.8. The zero-order chi connectivity index (χ0) is 19.4. The number of morpholine rings is 1. The molecule has 1 N–H and O–H groups in total. The highest BCUT2D eigenvalue weighted by Gasteiger charge is 2.26. The highest BCUT2D eigenvalue weighted by Crippen LogP contribution is 2.35. The van der Waals surface area contributed by atoms with Crippen molar-refractivity contribution in [1.82, 2.24) is 15.3 Å². The maximum absolute atomic E-state index is 12.1. The molecule has 2 aromatic rings. The van der Waals surface area contributed by atoms with Gasteiger partial charge in [0, 0.05) is 31.9 Å². The van der Waals surface area contributed by atoms with E-state index in [4.69, 9.17) is 9.72 Å². The fourth-order valence-corrected chi connectivity index (χ4v) is 4.39. The summed E-state index contributed by atoms with van der Waals surface area (Å²) in [6.07, 6.45) is 4.45. The van der Waals surface area contributed by atoms with Crippen molar-refractivity contribution in [3.63, 3.8) is 0 Å². The molecule has 2 atom stereocenters. The predicted molar refractivity (Wildman–Crippen MR) is 109 cm³/mol. The molecule has 1 fully saturated rings. The van der Waals surface area contributed by atoms with Crippen molar-refractivity contribution in [2.24, 2.45) is 5.92 Å². The number of ether oxygens (including phenoxy) is 1. The zero-order valence-corrected chi connectivity index (χ0v) is 17.3. The van der Waals surface area contributed by atoms with Gasteiger partial charge >= 0.3 is 0 Å². The van der Waals surface area contributed by atoms with E-state index in [1.54, 1.807) is 23.7 Å². The second-order valence-electron chi connectivity index (χ2n) is 7.55. The van der Waals surface area contributed by atoms with Gasteiger partial charge in [-0.2, -0.15) is 0 Å². The molecule has 1 aliphatic heterocycles. The fourth-order valence-electron chi connectivity index (χ4n) is 3.28. The van der Waals surface area contributed by atoms with Crippen LogP contribution in [0.1, 0.15) is 39.8 Å². The molecule has 0 aliphatic carbocycles. The fraction of sp³-hybridized carbons (Fsp3) is 0.550. The molecule has 0 unspecified atom stereocenters. The lowest BCUT2D eigenvalue weighted by atomic mass is 10.1. The highest BCUT2D eigenvalue weighted by atomic mass is 32.1. The number of nitrogens with one attached hydrogen (secondary N) is 1. The molecule has 6 nitrogen and oxygen atoms in total. The molecule has 0 aromatic carbocycles. The molecular formula is C20H28N4O2S. The number of hydrogen-bond acceptors (Lipinski definition) is 6. The van der Waals surface area contributed by atoms with Crippen molar-refractivity contribution in [2.75, 3.05) is 18.0 Å². The van der Waals surface area contributed by atoms with Gasteiger partial charge in [0.15, 0.2) is 5.13 Å². The number of carbonyl (C=O) groups is 1. The van der Waals surface area contributed by atoms with Crippen molar-refractivity contribution < 1.29 is 9.53 Å². The van der Waals surface area contributed by atoms with Crippen LogP contribution in [-0.4, -0.2) is 41.2 Å². The topological polar surface area (TPSA) is 67.4 Å². The lowest BCUT2D eigenvalue weighted by Crippen LogP contribution is -2.45. The number of anilines is 1. The van der Waals surface area contributed by atoms with Gasteiger partial charge in [-0.25, -0.2) is 4.98 Å². The van der Waals surface area contributed by atoms with Gasteiger partial charge in [-0.3, -0.25) is 9.78 Å². The van der Waals surface area contributed by atoms with Gasteiger partial charge in [0.05, 0.1) is 29.3 Å². The first-order valence-electron chi connectivity index (χ1n) is 9.49. The maximum Gasteiger partial charge on any atom is 0.220 e. The van der Waals surface area contributed by atoms with E-state index in [1.165, 1.54) is 0 Å². The number of amides is 1. The summed E-state index contributed by atoms with van der Waals surface area (Å²) in [6.45, 7) is 10.4. The number of nitrogens with zero attached hydrogens (tertiary/aromatic N) is 3. The van der Waals surface area contributed by atoms with E-state index in [9.17, 15) is 4.79 Å². The third-order valence-corrected chi connectivity index (χ3v) is 5.57. The zero-order valence-electron chi connectivity index (χ0n) is 16.4. The minimum absolute atomic E-state index is 0.0637. The van der Waals surface area contributed by atoms with Crippen LogP contribution in [0.2, 0.25) is 0 Å². The number of rotatable bonds is 6. The number of pyridine rings is 1. The summed E-state index contributed by atoms with van der Waals surface area (Å²) in [6, 6.07) is 3.97. The van der Waals surface area contributed by atoms with E-state index in [2.05, 4.69) is 29.0 Å². The molecule has 0 bridgehead atoms. The van der Waals surface area contributed by atoms with Crippen LogP contribution >= 0.6 is 11.3 Å². The van der Waals surface area contributed by atoms with Crippen LogP contribution in [0.4, 0.5) is 5.13 Å². The van der Waals surface area contributed by atoms with Crippen LogP contribution in [0.15, 0.2) is 24.5 Å². The van der Waals surface area contributed by atoms with Crippen LogP contribution in [-0.2, 0) is 16.1 Å². The van der Waals surface area contributed by atoms with Crippen LogP contribution in [0.5, 0.6) is 0 Å². The Labute approximate surface area is 165 Å². The van der Waals surface area contributed by atoms with Gasteiger partial charge in [-0.05, 0) is 37.5 Å². The highest BCUT2D eigenvalue weighted by molar-refractivity contribution is 7.19. The van der Waals surface area contributed by atoms with Gasteiger partial charge in [-0.15, -0.1) is 0 Å². The van der Waals surface area contributed by atoms with E-state index in [-0.39, 0.29) is 18.1 Å². The summed E-state index contributed by atoms with van der Waals surface area (Å²) in [7, 11) is 0. The second-order valence-corrected chi connectivity index (χ2v) is 8.52. The molecular weight excluding hydrogens is 360 g/mol. The molecule has 3 rings (SSSR count). The number of hydrogen-bond donors (Lipinski definition) is 1. The van der Waals surface area contributed by atoms with Crippen molar-refractivity contribution in [1.29, 1.82) is 0 Å². The lowest BCUT2D eigenvalue weighted by molar-refractivity contribution is -0.121. The Balaban J connectivity index is 1.84. The Morgan fingerprint density at radius 3 is 2.59 bits per heavy atom. The third-order valence-electron chi connectivity index (χ3n) is 4.37.